The number of carbonyl (C=O) groups excluding carboxylic acids is 2. The summed E-state index contributed by atoms with van der Waals surface area (Å²) in [6.45, 7) is 3.44. The van der Waals surface area contributed by atoms with Crippen LogP contribution in [0.5, 0.6) is 0 Å². The minimum atomic E-state index is -0.969. The third-order valence-corrected chi connectivity index (χ3v) is 4.76. The first-order valence-corrected chi connectivity index (χ1v) is 8.52. The Bertz CT molecular complexity index is 933. The third-order valence-electron chi connectivity index (χ3n) is 3.68. The molecule has 0 radical (unpaired) electrons. The Morgan fingerprint density at radius 1 is 1.16 bits per heavy atom. The SMILES string of the molecule is Cc1ccc(NC(=O)[C@@H](C)OC(=O)c2cc3c(F)cccc3s2)cc1. The number of benzene rings is 2. The van der Waals surface area contributed by atoms with Crippen LogP contribution in [-0.2, 0) is 9.53 Å². The standard InChI is InChI=1S/C19H16FNO3S/c1-11-6-8-13(9-7-11)21-18(22)12(2)24-19(23)17-10-14-15(20)4-3-5-16(14)25-17/h3-10,12H,1-2H3,(H,21,22)/t12-/m1/s1. The highest BCUT2D eigenvalue weighted by atomic mass is 32.1. The summed E-state index contributed by atoms with van der Waals surface area (Å²) in [7, 11) is 0. The number of rotatable bonds is 4. The predicted molar refractivity (Wildman–Crippen MR) is 96.5 cm³/mol. The van der Waals surface area contributed by atoms with Crippen LogP contribution in [0, 0.1) is 12.7 Å². The molecule has 1 amide bonds. The Balaban J connectivity index is 1.67. The Morgan fingerprint density at radius 2 is 1.88 bits per heavy atom. The van der Waals surface area contributed by atoms with E-state index in [1.54, 1.807) is 24.3 Å². The second kappa shape index (κ2) is 7.03. The van der Waals surface area contributed by atoms with Gasteiger partial charge in [0.2, 0.25) is 0 Å². The summed E-state index contributed by atoms with van der Waals surface area (Å²) < 4.78 is 19.6. The maximum atomic E-state index is 13.7. The van der Waals surface area contributed by atoms with Gasteiger partial charge in [-0.2, -0.15) is 0 Å². The van der Waals surface area contributed by atoms with Crippen LogP contribution in [0.3, 0.4) is 0 Å². The zero-order valence-electron chi connectivity index (χ0n) is 13.7. The molecule has 2 aromatic carbocycles. The fraction of sp³-hybridized carbons (Fsp3) is 0.158. The number of carbonyl (C=O) groups is 2. The summed E-state index contributed by atoms with van der Waals surface area (Å²) in [5, 5.41) is 3.06. The van der Waals surface area contributed by atoms with Gasteiger partial charge in [-0.3, -0.25) is 4.79 Å². The first-order valence-electron chi connectivity index (χ1n) is 7.70. The lowest BCUT2D eigenvalue weighted by atomic mass is 10.2. The van der Waals surface area contributed by atoms with Gasteiger partial charge in [-0.1, -0.05) is 23.8 Å². The molecule has 0 aliphatic heterocycles. The normalized spacial score (nSPS) is 12.0. The highest BCUT2D eigenvalue weighted by molar-refractivity contribution is 7.20. The maximum absolute atomic E-state index is 13.7. The summed E-state index contributed by atoms with van der Waals surface area (Å²) in [6.07, 6.45) is -0.969. The van der Waals surface area contributed by atoms with E-state index in [4.69, 9.17) is 4.74 Å². The number of hydrogen-bond acceptors (Lipinski definition) is 4. The van der Waals surface area contributed by atoms with Gasteiger partial charge in [0.1, 0.15) is 10.7 Å². The van der Waals surface area contributed by atoms with E-state index < -0.39 is 23.8 Å². The number of hydrogen-bond donors (Lipinski definition) is 1. The molecule has 6 heteroatoms. The van der Waals surface area contributed by atoms with Gasteiger partial charge >= 0.3 is 5.97 Å². The lowest BCUT2D eigenvalue weighted by Crippen LogP contribution is -2.29. The molecule has 0 aliphatic rings. The van der Waals surface area contributed by atoms with Gasteiger partial charge in [0.25, 0.3) is 5.91 Å². The Kier molecular flexibility index (Phi) is 4.81. The van der Waals surface area contributed by atoms with E-state index >= 15 is 0 Å². The fourth-order valence-corrected chi connectivity index (χ4v) is 3.24. The molecule has 1 heterocycles. The van der Waals surface area contributed by atoms with E-state index in [-0.39, 0.29) is 4.88 Å². The van der Waals surface area contributed by atoms with E-state index in [0.29, 0.717) is 15.8 Å². The Hall–Kier alpha value is -2.73. The van der Waals surface area contributed by atoms with Gasteiger partial charge in [-0.15, -0.1) is 11.3 Å². The highest BCUT2D eigenvalue weighted by Crippen LogP contribution is 2.28. The predicted octanol–water partition coefficient (Wildman–Crippen LogP) is 4.53. The number of aryl methyl sites for hydroxylation is 1. The molecule has 0 fully saturated rings. The van der Waals surface area contributed by atoms with Gasteiger partial charge in [-0.25, -0.2) is 9.18 Å². The summed E-state index contributed by atoms with van der Waals surface area (Å²) in [6, 6.07) is 13.4. The zero-order valence-corrected chi connectivity index (χ0v) is 14.5. The van der Waals surface area contributed by atoms with Gasteiger partial charge in [0.05, 0.1) is 0 Å². The number of thiophene rings is 1. The molecular weight excluding hydrogens is 341 g/mol. The quantitative estimate of drug-likeness (QED) is 0.698. The van der Waals surface area contributed by atoms with Crippen LogP contribution < -0.4 is 5.32 Å². The van der Waals surface area contributed by atoms with Crippen LogP contribution in [0.1, 0.15) is 22.2 Å². The molecule has 1 aromatic heterocycles. The van der Waals surface area contributed by atoms with E-state index in [1.807, 2.05) is 19.1 Å². The van der Waals surface area contributed by atoms with Crippen molar-refractivity contribution in [3.05, 3.63) is 64.8 Å². The van der Waals surface area contributed by atoms with Crippen LogP contribution in [0.4, 0.5) is 10.1 Å². The summed E-state index contributed by atoms with van der Waals surface area (Å²) >= 11 is 1.13. The lowest BCUT2D eigenvalue weighted by Gasteiger charge is -2.13. The van der Waals surface area contributed by atoms with Crippen molar-refractivity contribution >= 4 is 39.0 Å². The van der Waals surface area contributed by atoms with Crippen LogP contribution in [-0.4, -0.2) is 18.0 Å². The van der Waals surface area contributed by atoms with Crippen molar-refractivity contribution in [2.75, 3.05) is 5.32 Å². The highest BCUT2D eigenvalue weighted by Gasteiger charge is 2.21. The minimum Gasteiger partial charge on any atom is -0.448 e. The number of esters is 1. The van der Waals surface area contributed by atoms with Crippen molar-refractivity contribution < 1.29 is 18.7 Å². The first-order chi connectivity index (χ1) is 11.9. The van der Waals surface area contributed by atoms with Gasteiger partial charge in [0, 0.05) is 15.8 Å². The van der Waals surface area contributed by atoms with E-state index in [2.05, 4.69) is 5.32 Å². The maximum Gasteiger partial charge on any atom is 0.349 e. The molecule has 1 N–H and O–H groups in total. The molecule has 0 saturated carbocycles. The molecular formula is C19H16FNO3S. The number of halogens is 1. The van der Waals surface area contributed by atoms with E-state index in [9.17, 15) is 14.0 Å². The van der Waals surface area contributed by atoms with Gasteiger partial charge < -0.3 is 10.1 Å². The zero-order chi connectivity index (χ0) is 18.0. The second-order valence-electron chi connectivity index (χ2n) is 5.67. The third kappa shape index (κ3) is 3.85. The van der Waals surface area contributed by atoms with Gasteiger partial charge in [-0.05, 0) is 44.2 Å². The number of anilines is 1. The summed E-state index contributed by atoms with van der Waals surface area (Å²) in [5.74, 6) is -1.46. The van der Waals surface area contributed by atoms with Crippen LogP contribution >= 0.6 is 11.3 Å². The van der Waals surface area contributed by atoms with Crippen LogP contribution in [0.2, 0.25) is 0 Å². The van der Waals surface area contributed by atoms with Crippen molar-refractivity contribution in [2.24, 2.45) is 0 Å². The monoisotopic (exact) mass is 357 g/mol. The lowest BCUT2D eigenvalue weighted by molar-refractivity contribution is -0.123. The topological polar surface area (TPSA) is 55.4 Å². The Labute approximate surface area is 148 Å². The number of amides is 1. The molecule has 25 heavy (non-hydrogen) atoms. The molecule has 0 saturated heterocycles. The van der Waals surface area contributed by atoms with Crippen molar-refractivity contribution in [3.63, 3.8) is 0 Å². The minimum absolute atomic E-state index is 0.259. The van der Waals surface area contributed by atoms with E-state index in [0.717, 1.165) is 16.9 Å². The average molecular weight is 357 g/mol. The molecule has 0 aliphatic carbocycles. The largest absolute Gasteiger partial charge is 0.448 e. The fourth-order valence-electron chi connectivity index (χ4n) is 2.28. The number of fused-ring (bicyclic) bond motifs is 1. The van der Waals surface area contributed by atoms with Crippen molar-refractivity contribution in [3.8, 4) is 0 Å². The number of ether oxygens (including phenoxy) is 1. The van der Waals surface area contributed by atoms with Crippen LogP contribution in [0.15, 0.2) is 48.5 Å². The molecule has 0 bridgehead atoms. The molecule has 3 rings (SSSR count). The molecule has 1 atom stereocenters. The summed E-state index contributed by atoms with van der Waals surface area (Å²) in [5.41, 5.74) is 1.71. The smallest absolute Gasteiger partial charge is 0.349 e. The molecule has 128 valence electrons. The van der Waals surface area contributed by atoms with E-state index in [1.165, 1.54) is 19.1 Å². The average Bonchev–Trinajstić information content (AvgIpc) is 3.02. The molecule has 4 nitrogen and oxygen atoms in total. The van der Waals surface area contributed by atoms with Crippen LogP contribution in [0.25, 0.3) is 10.1 Å². The second-order valence-corrected chi connectivity index (χ2v) is 6.75. The van der Waals surface area contributed by atoms with Crippen molar-refractivity contribution in [1.29, 1.82) is 0 Å². The van der Waals surface area contributed by atoms with Crippen molar-refractivity contribution in [1.82, 2.24) is 0 Å². The number of nitrogens with one attached hydrogen (secondary N) is 1. The van der Waals surface area contributed by atoms with Crippen molar-refractivity contribution in [2.45, 2.75) is 20.0 Å². The molecule has 0 unspecified atom stereocenters. The first kappa shape index (κ1) is 17.1. The Morgan fingerprint density at radius 3 is 2.56 bits per heavy atom. The molecule has 3 aromatic rings. The molecule has 0 spiro atoms. The summed E-state index contributed by atoms with van der Waals surface area (Å²) in [4.78, 5) is 24.6. The van der Waals surface area contributed by atoms with Gasteiger partial charge in [0.15, 0.2) is 6.10 Å².